The molecule has 1 aromatic heterocycles. The molecule has 134 valence electrons. The van der Waals surface area contributed by atoms with Gasteiger partial charge in [-0.1, -0.05) is 24.3 Å². The van der Waals surface area contributed by atoms with Gasteiger partial charge in [0.05, 0.1) is 11.6 Å². The largest absolute Gasteiger partial charge is 0.326 e. The smallest absolute Gasteiger partial charge is 0.237 e. The van der Waals surface area contributed by atoms with E-state index >= 15 is 0 Å². The molecule has 0 spiro atoms. The van der Waals surface area contributed by atoms with Crippen LogP contribution < -0.4 is 10.2 Å². The molecule has 0 saturated carbocycles. The van der Waals surface area contributed by atoms with Crippen molar-refractivity contribution in [3.63, 3.8) is 0 Å². The summed E-state index contributed by atoms with van der Waals surface area (Å²) >= 11 is 1.60. The summed E-state index contributed by atoms with van der Waals surface area (Å²) in [7, 11) is 0. The number of fused-ring (bicyclic) bond motifs is 2. The zero-order chi connectivity index (χ0) is 18.1. The van der Waals surface area contributed by atoms with Crippen molar-refractivity contribution in [2.24, 2.45) is 0 Å². The number of nitrogens with one attached hydrogen (secondary N) is 1. The van der Waals surface area contributed by atoms with Crippen molar-refractivity contribution in [1.82, 2.24) is 4.98 Å². The fourth-order valence-corrected chi connectivity index (χ4v) is 4.83. The fourth-order valence-electron chi connectivity index (χ4n) is 3.66. The minimum Gasteiger partial charge on any atom is -0.326 e. The number of thiazole rings is 1. The van der Waals surface area contributed by atoms with Crippen LogP contribution in [0.3, 0.4) is 0 Å². The van der Waals surface area contributed by atoms with Crippen LogP contribution in [0.25, 0.3) is 0 Å². The maximum absolute atomic E-state index is 13.4. The van der Waals surface area contributed by atoms with Gasteiger partial charge in [0.2, 0.25) is 11.8 Å². The molecule has 0 radical (unpaired) electrons. The number of benzene rings is 1. The molecular formula is C20H21N3O2S. The summed E-state index contributed by atoms with van der Waals surface area (Å²) in [5.41, 5.74) is 2.71. The summed E-state index contributed by atoms with van der Waals surface area (Å²) in [4.78, 5) is 33.2. The SMILES string of the molecule is C=CCN(C(=O)C1CC(=O)Nc2ccccc21)c1nc2c(s1)CCCC2. The van der Waals surface area contributed by atoms with Crippen LogP contribution in [-0.4, -0.2) is 23.3 Å². The van der Waals surface area contributed by atoms with E-state index in [0.717, 1.165) is 41.3 Å². The number of hydrogen-bond acceptors (Lipinski definition) is 4. The molecule has 1 aliphatic carbocycles. The van der Waals surface area contributed by atoms with Crippen molar-refractivity contribution in [1.29, 1.82) is 0 Å². The summed E-state index contributed by atoms with van der Waals surface area (Å²) in [5.74, 6) is -0.696. The molecule has 26 heavy (non-hydrogen) atoms. The van der Waals surface area contributed by atoms with Gasteiger partial charge in [-0.15, -0.1) is 17.9 Å². The summed E-state index contributed by atoms with van der Waals surface area (Å²) in [5, 5.41) is 3.58. The number of aryl methyl sites for hydroxylation is 2. The minimum atomic E-state index is -0.485. The molecule has 1 unspecified atom stereocenters. The van der Waals surface area contributed by atoms with E-state index in [2.05, 4.69) is 11.9 Å². The van der Waals surface area contributed by atoms with E-state index in [-0.39, 0.29) is 18.2 Å². The Kier molecular flexibility index (Phi) is 4.59. The zero-order valence-electron chi connectivity index (χ0n) is 14.5. The van der Waals surface area contributed by atoms with Crippen LogP contribution >= 0.6 is 11.3 Å². The quantitative estimate of drug-likeness (QED) is 0.839. The van der Waals surface area contributed by atoms with Gasteiger partial charge in [-0.2, -0.15) is 0 Å². The second-order valence-corrected chi connectivity index (χ2v) is 7.77. The summed E-state index contributed by atoms with van der Waals surface area (Å²) in [6, 6.07) is 7.52. The molecule has 1 atom stereocenters. The van der Waals surface area contributed by atoms with Crippen molar-refractivity contribution >= 4 is 34.0 Å². The van der Waals surface area contributed by atoms with Crippen LogP contribution in [0.15, 0.2) is 36.9 Å². The molecule has 5 nitrogen and oxygen atoms in total. The lowest BCUT2D eigenvalue weighted by atomic mass is 9.89. The fraction of sp³-hybridized carbons (Fsp3) is 0.350. The lowest BCUT2D eigenvalue weighted by Gasteiger charge is -2.29. The Morgan fingerprint density at radius 2 is 2.15 bits per heavy atom. The Morgan fingerprint density at radius 3 is 2.96 bits per heavy atom. The molecule has 2 aliphatic rings. The Hall–Kier alpha value is -2.47. The number of hydrogen-bond donors (Lipinski definition) is 1. The molecular weight excluding hydrogens is 346 g/mol. The van der Waals surface area contributed by atoms with Gasteiger partial charge in [0.15, 0.2) is 5.13 Å². The van der Waals surface area contributed by atoms with Gasteiger partial charge in [-0.25, -0.2) is 4.98 Å². The van der Waals surface area contributed by atoms with E-state index in [1.807, 2.05) is 24.3 Å². The van der Waals surface area contributed by atoms with E-state index in [4.69, 9.17) is 4.98 Å². The first-order valence-corrected chi connectivity index (χ1v) is 9.78. The summed E-state index contributed by atoms with van der Waals surface area (Å²) in [6.45, 7) is 4.19. The van der Waals surface area contributed by atoms with Crippen molar-refractivity contribution in [3.05, 3.63) is 53.1 Å². The predicted octanol–water partition coefficient (Wildman–Crippen LogP) is 3.67. The van der Waals surface area contributed by atoms with Crippen LogP contribution in [0.4, 0.5) is 10.8 Å². The molecule has 6 heteroatoms. The van der Waals surface area contributed by atoms with E-state index in [1.54, 1.807) is 22.3 Å². The van der Waals surface area contributed by atoms with Crippen molar-refractivity contribution in [2.75, 3.05) is 16.8 Å². The topological polar surface area (TPSA) is 62.3 Å². The molecule has 2 amide bonds. The van der Waals surface area contributed by atoms with Gasteiger partial charge in [-0.05, 0) is 37.3 Å². The molecule has 2 aromatic rings. The standard InChI is InChI=1S/C20H21N3O2S/c1-2-11-23(20-22-16-9-5-6-10-17(16)26-20)19(25)14-12-18(24)21-15-8-4-3-7-13(14)15/h2-4,7-8,14H,1,5-6,9-12H2,(H,21,24). The number of para-hydroxylation sites is 1. The number of carbonyl (C=O) groups excluding carboxylic acids is 2. The molecule has 0 bridgehead atoms. The Bertz CT molecular complexity index is 850. The third-order valence-electron chi connectivity index (χ3n) is 4.94. The van der Waals surface area contributed by atoms with Crippen LogP contribution in [0.2, 0.25) is 0 Å². The highest BCUT2D eigenvalue weighted by Crippen LogP contribution is 2.37. The molecule has 1 aromatic carbocycles. The first kappa shape index (κ1) is 17.0. The number of anilines is 2. The first-order chi connectivity index (χ1) is 12.7. The van der Waals surface area contributed by atoms with Gasteiger partial charge in [-0.3, -0.25) is 14.5 Å². The van der Waals surface area contributed by atoms with Crippen LogP contribution in [0.5, 0.6) is 0 Å². The van der Waals surface area contributed by atoms with E-state index in [0.29, 0.717) is 6.54 Å². The monoisotopic (exact) mass is 367 g/mol. The molecule has 4 rings (SSSR count). The normalized spacial score (nSPS) is 18.5. The number of amides is 2. The molecule has 2 heterocycles. The minimum absolute atomic E-state index is 0.0849. The Labute approximate surface area is 156 Å². The number of rotatable bonds is 4. The Morgan fingerprint density at radius 1 is 1.35 bits per heavy atom. The highest BCUT2D eigenvalue weighted by molar-refractivity contribution is 7.16. The average Bonchev–Trinajstić information content (AvgIpc) is 3.08. The maximum Gasteiger partial charge on any atom is 0.237 e. The summed E-state index contributed by atoms with van der Waals surface area (Å²) < 4.78 is 0. The lowest BCUT2D eigenvalue weighted by Crippen LogP contribution is -2.38. The molecule has 0 fully saturated rings. The third-order valence-corrected chi connectivity index (χ3v) is 6.12. The van der Waals surface area contributed by atoms with E-state index < -0.39 is 5.92 Å². The number of nitrogens with zero attached hydrogens (tertiary/aromatic N) is 2. The number of aromatic nitrogens is 1. The van der Waals surface area contributed by atoms with Gasteiger partial charge in [0.1, 0.15) is 0 Å². The highest BCUT2D eigenvalue weighted by atomic mass is 32.1. The van der Waals surface area contributed by atoms with Crippen molar-refractivity contribution in [3.8, 4) is 0 Å². The van der Waals surface area contributed by atoms with Gasteiger partial charge in [0, 0.05) is 23.5 Å². The van der Waals surface area contributed by atoms with Crippen LogP contribution in [-0.2, 0) is 22.4 Å². The van der Waals surface area contributed by atoms with Crippen LogP contribution in [0, 0.1) is 0 Å². The second kappa shape index (κ2) is 7.03. The van der Waals surface area contributed by atoms with Crippen LogP contribution in [0.1, 0.15) is 41.3 Å². The maximum atomic E-state index is 13.4. The third kappa shape index (κ3) is 3.05. The first-order valence-electron chi connectivity index (χ1n) is 8.97. The van der Waals surface area contributed by atoms with Gasteiger partial charge in [0.25, 0.3) is 0 Å². The summed E-state index contributed by atoms with van der Waals surface area (Å²) in [6.07, 6.45) is 6.23. The Balaban J connectivity index is 1.69. The van der Waals surface area contributed by atoms with Crippen molar-refractivity contribution in [2.45, 2.75) is 38.0 Å². The molecule has 1 N–H and O–H groups in total. The second-order valence-electron chi connectivity index (χ2n) is 6.70. The number of carbonyl (C=O) groups is 2. The predicted molar refractivity (Wildman–Crippen MR) is 104 cm³/mol. The van der Waals surface area contributed by atoms with Gasteiger partial charge >= 0.3 is 0 Å². The zero-order valence-corrected chi connectivity index (χ0v) is 15.3. The van der Waals surface area contributed by atoms with E-state index in [9.17, 15) is 9.59 Å². The average molecular weight is 367 g/mol. The lowest BCUT2D eigenvalue weighted by molar-refractivity contribution is -0.124. The molecule has 0 saturated heterocycles. The highest BCUT2D eigenvalue weighted by Gasteiger charge is 2.34. The van der Waals surface area contributed by atoms with Gasteiger partial charge < -0.3 is 5.32 Å². The molecule has 1 aliphatic heterocycles. The van der Waals surface area contributed by atoms with E-state index in [1.165, 1.54) is 11.3 Å². The van der Waals surface area contributed by atoms with Crippen molar-refractivity contribution < 1.29 is 9.59 Å².